The highest BCUT2D eigenvalue weighted by atomic mass is 16.5. The average molecular weight is 428 g/mol. The Morgan fingerprint density at radius 3 is 2.53 bits per heavy atom. The van der Waals surface area contributed by atoms with Gasteiger partial charge in [0.1, 0.15) is 5.75 Å². The second-order valence-corrected chi connectivity index (χ2v) is 7.61. The molecule has 0 atom stereocenters. The highest BCUT2D eigenvalue weighted by Gasteiger charge is 2.12. The monoisotopic (exact) mass is 428 g/mol. The minimum absolute atomic E-state index is 0.0303. The molecule has 3 aromatic carbocycles. The van der Waals surface area contributed by atoms with E-state index < -0.39 is 5.97 Å². The number of aromatic carboxylic acids is 1. The number of methoxy groups -OCH3 is 1. The Kier molecular flexibility index (Phi) is 6.22. The molecule has 1 heterocycles. The first kappa shape index (κ1) is 21.2. The summed E-state index contributed by atoms with van der Waals surface area (Å²) in [5, 5.41) is 13.2. The van der Waals surface area contributed by atoms with Crippen molar-refractivity contribution in [2.45, 2.75) is 19.5 Å². The molecule has 0 spiro atoms. The van der Waals surface area contributed by atoms with Crippen LogP contribution in [0, 0.1) is 0 Å². The standard InChI is InChI=1S/C26H24N2O4/c1-32-24-15-21(26(30)31)9-10-22(24)17-28-12-11-20-8-7-19(13-23(20)28)14-25(29)27-16-18-5-3-2-4-6-18/h2-13,15H,14,16-17H2,1H3,(H,27,29)(H,30,31). The largest absolute Gasteiger partial charge is 0.496 e. The zero-order chi connectivity index (χ0) is 22.5. The Bertz CT molecular complexity index is 1260. The van der Waals surface area contributed by atoms with Crippen molar-refractivity contribution in [3.63, 3.8) is 0 Å². The first-order valence-electron chi connectivity index (χ1n) is 10.3. The molecule has 1 amide bonds. The summed E-state index contributed by atoms with van der Waals surface area (Å²) in [6.07, 6.45) is 2.28. The van der Waals surface area contributed by atoms with E-state index in [2.05, 4.69) is 9.88 Å². The minimum atomic E-state index is -0.989. The van der Waals surface area contributed by atoms with Gasteiger partial charge in [0.2, 0.25) is 5.91 Å². The number of aromatic nitrogens is 1. The van der Waals surface area contributed by atoms with Crippen LogP contribution in [0.3, 0.4) is 0 Å². The van der Waals surface area contributed by atoms with Gasteiger partial charge in [0.15, 0.2) is 0 Å². The van der Waals surface area contributed by atoms with Gasteiger partial charge in [-0.05, 0) is 40.8 Å². The van der Waals surface area contributed by atoms with Crippen LogP contribution in [0.1, 0.15) is 27.0 Å². The number of hydrogen-bond donors (Lipinski definition) is 2. The fourth-order valence-electron chi connectivity index (χ4n) is 3.71. The second kappa shape index (κ2) is 9.39. The van der Waals surface area contributed by atoms with E-state index in [1.54, 1.807) is 12.1 Å². The fourth-order valence-corrected chi connectivity index (χ4v) is 3.71. The van der Waals surface area contributed by atoms with Gasteiger partial charge >= 0.3 is 5.97 Å². The summed E-state index contributed by atoms with van der Waals surface area (Å²) < 4.78 is 7.48. The number of carboxylic acid groups (broad SMARTS) is 1. The van der Waals surface area contributed by atoms with Crippen molar-refractivity contribution in [1.29, 1.82) is 0 Å². The molecule has 4 rings (SSSR count). The molecule has 0 aliphatic heterocycles. The third-order valence-electron chi connectivity index (χ3n) is 5.41. The van der Waals surface area contributed by atoms with Gasteiger partial charge in [0, 0.05) is 23.8 Å². The third-order valence-corrected chi connectivity index (χ3v) is 5.41. The first-order valence-corrected chi connectivity index (χ1v) is 10.3. The molecule has 0 radical (unpaired) electrons. The van der Waals surface area contributed by atoms with E-state index in [1.165, 1.54) is 13.2 Å². The Balaban J connectivity index is 1.50. The van der Waals surface area contributed by atoms with Crippen LogP contribution in [0.4, 0.5) is 0 Å². The molecule has 0 unspecified atom stereocenters. The summed E-state index contributed by atoms with van der Waals surface area (Å²) in [7, 11) is 1.53. The van der Waals surface area contributed by atoms with E-state index >= 15 is 0 Å². The topological polar surface area (TPSA) is 80.6 Å². The molecule has 6 heteroatoms. The molecular weight excluding hydrogens is 404 g/mol. The quantitative estimate of drug-likeness (QED) is 0.440. The summed E-state index contributed by atoms with van der Waals surface area (Å²) in [5.41, 5.74) is 4.06. The number of carbonyl (C=O) groups excluding carboxylic acids is 1. The van der Waals surface area contributed by atoms with Crippen LogP contribution in [-0.4, -0.2) is 28.7 Å². The average Bonchev–Trinajstić information content (AvgIpc) is 3.20. The molecule has 2 N–H and O–H groups in total. The van der Waals surface area contributed by atoms with Gasteiger partial charge in [-0.3, -0.25) is 4.79 Å². The van der Waals surface area contributed by atoms with Gasteiger partial charge in [-0.15, -0.1) is 0 Å². The van der Waals surface area contributed by atoms with Crippen LogP contribution in [0.15, 0.2) is 79.0 Å². The number of nitrogens with one attached hydrogen (secondary N) is 1. The molecule has 0 saturated carbocycles. The number of ether oxygens (including phenoxy) is 1. The molecule has 4 aromatic rings. The molecule has 0 aliphatic carbocycles. The molecule has 0 aliphatic rings. The van der Waals surface area contributed by atoms with Gasteiger partial charge in [-0.25, -0.2) is 4.79 Å². The lowest BCUT2D eigenvalue weighted by molar-refractivity contribution is -0.120. The zero-order valence-electron chi connectivity index (χ0n) is 17.7. The maximum Gasteiger partial charge on any atom is 0.335 e. The third kappa shape index (κ3) is 4.81. The van der Waals surface area contributed by atoms with E-state index in [9.17, 15) is 14.7 Å². The predicted molar refractivity (Wildman–Crippen MR) is 123 cm³/mol. The maximum absolute atomic E-state index is 12.4. The number of benzene rings is 3. The van der Waals surface area contributed by atoms with Crippen molar-refractivity contribution in [2.75, 3.05) is 7.11 Å². The summed E-state index contributed by atoms with van der Waals surface area (Å²) in [5.74, 6) is -0.489. The molecule has 162 valence electrons. The number of fused-ring (bicyclic) bond motifs is 1. The number of carbonyl (C=O) groups is 2. The Labute approximate surface area is 186 Å². The van der Waals surface area contributed by atoms with Crippen LogP contribution >= 0.6 is 0 Å². The van der Waals surface area contributed by atoms with Gasteiger partial charge in [0.05, 0.1) is 25.6 Å². The number of rotatable bonds is 8. The van der Waals surface area contributed by atoms with E-state index in [0.717, 1.165) is 27.6 Å². The zero-order valence-corrected chi connectivity index (χ0v) is 17.7. The van der Waals surface area contributed by atoms with Crippen molar-refractivity contribution >= 4 is 22.8 Å². The smallest absolute Gasteiger partial charge is 0.335 e. The predicted octanol–water partition coefficient (Wildman–Crippen LogP) is 4.26. The molecule has 1 aromatic heterocycles. The maximum atomic E-state index is 12.4. The van der Waals surface area contributed by atoms with Crippen LogP contribution < -0.4 is 10.1 Å². The lowest BCUT2D eigenvalue weighted by Crippen LogP contribution is -2.24. The number of carboxylic acids is 1. The summed E-state index contributed by atoms with van der Waals surface area (Å²) >= 11 is 0. The highest BCUT2D eigenvalue weighted by Crippen LogP contribution is 2.25. The minimum Gasteiger partial charge on any atom is -0.496 e. The summed E-state index contributed by atoms with van der Waals surface area (Å²) in [6.45, 7) is 1.03. The van der Waals surface area contributed by atoms with E-state index in [0.29, 0.717) is 25.3 Å². The fraction of sp³-hybridized carbons (Fsp3) is 0.154. The lowest BCUT2D eigenvalue weighted by atomic mass is 10.1. The summed E-state index contributed by atoms with van der Waals surface area (Å²) in [6, 6.07) is 22.7. The molecule has 0 bridgehead atoms. The Morgan fingerprint density at radius 1 is 0.969 bits per heavy atom. The van der Waals surface area contributed by atoms with Crippen LogP contribution in [0.25, 0.3) is 10.9 Å². The molecule has 0 fully saturated rings. The van der Waals surface area contributed by atoms with Crippen molar-refractivity contribution in [2.24, 2.45) is 0 Å². The van der Waals surface area contributed by atoms with Crippen molar-refractivity contribution in [3.8, 4) is 5.75 Å². The Hall–Kier alpha value is -4.06. The van der Waals surface area contributed by atoms with Crippen molar-refractivity contribution < 1.29 is 19.4 Å². The molecular formula is C26H24N2O4. The van der Waals surface area contributed by atoms with Gasteiger partial charge < -0.3 is 19.7 Å². The Morgan fingerprint density at radius 2 is 1.78 bits per heavy atom. The van der Waals surface area contributed by atoms with Crippen LogP contribution in [0.2, 0.25) is 0 Å². The highest BCUT2D eigenvalue weighted by molar-refractivity contribution is 5.88. The lowest BCUT2D eigenvalue weighted by Gasteiger charge is -2.12. The molecule has 0 saturated heterocycles. The number of hydrogen-bond acceptors (Lipinski definition) is 3. The van der Waals surface area contributed by atoms with E-state index in [-0.39, 0.29) is 11.5 Å². The van der Waals surface area contributed by atoms with Gasteiger partial charge in [-0.1, -0.05) is 48.5 Å². The van der Waals surface area contributed by atoms with Crippen molar-refractivity contribution in [3.05, 3.63) is 101 Å². The first-order chi connectivity index (χ1) is 15.5. The van der Waals surface area contributed by atoms with Gasteiger partial charge in [0.25, 0.3) is 0 Å². The molecule has 32 heavy (non-hydrogen) atoms. The molecule has 6 nitrogen and oxygen atoms in total. The van der Waals surface area contributed by atoms with Crippen LogP contribution in [-0.2, 0) is 24.3 Å². The van der Waals surface area contributed by atoms with Crippen molar-refractivity contribution in [1.82, 2.24) is 9.88 Å². The second-order valence-electron chi connectivity index (χ2n) is 7.61. The van der Waals surface area contributed by atoms with E-state index in [4.69, 9.17) is 4.74 Å². The normalized spacial score (nSPS) is 10.8. The van der Waals surface area contributed by atoms with Crippen LogP contribution in [0.5, 0.6) is 5.75 Å². The van der Waals surface area contributed by atoms with E-state index in [1.807, 2.05) is 60.8 Å². The summed E-state index contributed by atoms with van der Waals surface area (Å²) in [4.78, 5) is 23.7. The number of nitrogens with zero attached hydrogens (tertiary/aromatic N) is 1. The van der Waals surface area contributed by atoms with Gasteiger partial charge in [-0.2, -0.15) is 0 Å². The number of amides is 1. The SMILES string of the molecule is COc1cc(C(=O)O)ccc1Cn1ccc2ccc(CC(=O)NCc3ccccc3)cc21.